The number of hydrogen-bond donors (Lipinski definition) is 1. The third-order valence-corrected chi connectivity index (χ3v) is 4.19. The third-order valence-electron chi connectivity index (χ3n) is 3.94. The first-order chi connectivity index (χ1) is 9.19. The first-order valence-electron chi connectivity index (χ1n) is 7.64. The molecule has 0 aliphatic heterocycles. The second-order valence-electron chi connectivity index (χ2n) is 5.42. The summed E-state index contributed by atoms with van der Waals surface area (Å²) in [5.41, 5.74) is 1.40. The molecule has 0 fully saturated rings. The zero-order valence-corrected chi connectivity index (χ0v) is 13.3. The van der Waals surface area contributed by atoms with Crippen molar-refractivity contribution in [2.45, 2.75) is 46.5 Å². The molecule has 1 atom stereocenters. The Hall–Kier alpha value is -0.530. The van der Waals surface area contributed by atoms with Gasteiger partial charge in [0.1, 0.15) is 0 Å². The van der Waals surface area contributed by atoms with Crippen LogP contribution in [0.5, 0.6) is 0 Å². The summed E-state index contributed by atoms with van der Waals surface area (Å²) in [6.07, 6.45) is 5.06. The van der Waals surface area contributed by atoms with Crippen LogP contribution in [0.1, 0.15) is 45.6 Å². The lowest BCUT2D eigenvalue weighted by Crippen LogP contribution is -2.26. The first-order valence-corrected chi connectivity index (χ1v) is 8.02. The van der Waals surface area contributed by atoms with Crippen molar-refractivity contribution < 1.29 is 0 Å². The molecule has 0 aliphatic carbocycles. The van der Waals surface area contributed by atoms with E-state index in [1.807, 2.05) is 12.1 Å². The van der Waals surface area contributed by atoms with Gasteiger partial charge < -0.3 is 5.32 Å². The summed E-state index contributed by atoms with van der Waals surface area (Å²) < 4.78 is 0. The fourth-order valence-corrected chi connectivity index (χ4v) is 2.76. The van der Waals surface area contributed by atoms with Crippen molar-refractivity contribution in [2.24, 2.45) is 11.8 Å². The topological polar surface area (TPSA) is 12.0 Å². The van der Waals surface area contributed by atoms with Crippen molar-refractivity contribution >= 4 is 11.6 Å². The van der Waals surface area contributed by atoms with Gasteiger partial charge in [0, 0.05) is 5.02 Å². The Morgan fingerprint density at radius 1 is 1.00 bits per heavy atom. The van der Waals surface area contributed by atoms with Crippen LogP contribution in [0.25, 0.3) is 0 Å². The summed E-state index contributed by atoms with van der Waals surface area (Å²) in [7, 11) is 0. The molecule has 0 saturated heterocycles. The van der Waals surface area contributed by atoms with E-state index in [2.05, 4.69) is 38.2 Å². The number of benzene rings is 1. The van der Waals surface area contributed by atoms with Crippen molar-refractivity contribution in [2.75, 3.05) is 13.1 Å². The van der Waals surface area contributed by atoms with Gasteiger partial charge in [-0.05, 0) is 55.5 Å². The lowest BCUT2D eigenvalue weighted by molar-refractivity contribution is 0.340. The Balaban J connectivity index is 2.59. The van der Waals surface area contributed by atoms with Crippen LogP contribution in [0.4, 0.5) is 0 Å². The molecule has 1 rings (SSSR count). The average Bonchev–Trinajstić information content (AvgIpc) is 2.44. The standard InChI is InChI=1S/C17H28ClN/c1-4-14(5-2)11-16(13-19-6-3)12-15-7-9-17(18)10-8-15/h7-10,14,16,19H,4-6,11-13H2,1-3H3. The molecule has 0 aliphatic rings. The molecule has 0 amide bonds. The maximum atomic E-state index is 5.95. The van der Waals surface area contributed by atoms with Gasteiger partial charge in [-0.15, -0.1) is 0 Å². The number of hydrogen-bond acceptors (Lipinski definition) is 1. The van der Waals surface area contributed by atoms with Gasteiger partial charge in [0.15, 0.2) is 0 Å². The summed E-state index contributed by atoms with van der Waals surface area (Å²) in [6, 6.07) is 8.32. The second-order valence-corrected chi connectivity index (χ2v) is 5.86. The molecule has 0 bridgehead atoms. The number of halogens is 1. The van der Waals surface area contributed by atoms with Crippen LogP contribution < -0.4 is 5.32 Å². The number of rotatable bonds is 9. The van der Waals surface area contributed by atoms with Gasteiger partial charge in [-0.3, -0.25) is 0 Å². The fraction of sp³-hybridized carbons (Fsp3) is 0.647. The predicted molar refractivity (Wildman–Crippen MR) is 85.9 cm³/mol. The van der Waals surface area contributed by atoms with Crippen molar-refractivity contribution in [3.8, 4) is 0 Å². The Labute approximate surface area is 123 Å². The minimum absolute atomic E-state index is 0.728. The Bertz CT molecular complexity index is 330. The minimum atomic E-state index is 0.728. The van der Waals surface area contributed by atoms with Gasteiger partial charge in [0.25, 0.3) is 0 Å². The highest BCUT2D eigenvalue weighted by Gasteiger charge is 2.14. The van der Waals surface area contributed by atoms with E-state index >= 15 is 0 Å². The van der Waals surface area contributed by atoms with Gasteiger partial charge in [-0.2, -0.15) is 0 Å². The summed E-state index contributed by atoms with van der Waals surface area (Å²) in [5, 5.41) is 4.33. The average molecular weight is 282 g/mol. The molecule has 0 spiro atoms. The van der Waals surface area contributed by atoms with E-state index < -0.39 is 0 Å². The van der Waals surface area contributed by atoms with Crippen LogP contribution in [0.15, 0.2) is 24.3 Å². The van der Waals surface area contributed by atoms with Crippen molar-refractivity contribution in [1.29, 1.82) is 0 Å². The van der Waals surface area contributed by atoms with Gasteiger partial charge in [0.05, 0.1) is 0 Å². The molecule has 0 radical (unpaired) electrons. The highest BCUT2D eigenvalue weighted by molar-refractivity contribution is 6.30. The van der Waals surface area contributed by atoms with E-state index in [1.165, 1.54) is 24.8 Å². The first kappa shape index (κ1) is 16.5. The second kappa shape index (κ2) is 9.39. The van der Waals surface area contributed by atoms with Gasteiger partial charge >= 0.3 is 0 Å². The highest BCUT2D eigenvalue weighted by Crippen LogP contribution is 2.22. The summed E-state index contributed by atoms with van der Waals surface area (Å²) >= 11 is 5.95. The summed E-state index contributed by atoms with van der Waals surface area (Å²) in [5.74, 6) is 1.59. The zero-order chi connectivity index (χ0) is 14.1. The van der Waals surface area contributed by atoms with Gasteiger partial charge in [-0.25, -0.2) is 0 Å². The molecular formula is C17H28ClN. The van der Waals surface area contributed by atoms with Crippen LogP contribution >= 0.6 is 11.6 Å². The van der Waals surface area contributed by atoms with Crippen LogP contribution in [-0.4, -0.2) is 13.1 Å². The largest absolute Gasteiger partial charge is 0.317 e. The predicted octanol–water partition coefficient (Wildman–Crippen LogP) is 4.93. The lowest BCUT2D eigenvalue weighted by atomic mass is 9.86. The molecule has 1 N–H and O–H groups in total. The van der Waals surface area contributed by atoms with Crippen LogP contribution in [0, 0.1) is 11.8 Å². The van der Waals surface area contributed by atoms with Crippen molar-refractivity contribution in [3.63, 3.8) is 0 Å². The van der Waals surface area contributed by atoms with Crippen LogP contribution in [-0.2, 0) is 6.42 Å². The molecule has 19 heavy (non-hydrogen) atoms. The Kier molecular flexibility index (Phi) is 8.16. The molecule has 1 aromatic rings. The molecular weight excluding hydrogens is 254 g/mol. The molecule has 1 aromatic carbocycles. The zero-order valence-electron chi connectivity index (χ0n) is 12.6. The maximum absolute atomic E-state index is 5.95. The van der Waals surface area contributed by atoms with Crippen molar-refractivity contribution in [1.82, 2.24) is 5.32 Å². The molecule has 1 unspecified atom stereocenters. The van der Waals surface area contributed by atoms with E-state index in [9.17, 15) is 0 Å². The molecule has 1 nitrogen and oxygen atoms in total. The molecule has 2 heteroatoms. The van der Waals surface area contributed by atoms with Crippen LogP contribution in [0.2, 0.25) is 5.02 Å². The van der Waals surface area contributed by atoms with E-state index in [0.29, 0.717) is 0 Å². The van der Waals surface area contributed by atoms with Gasteiger partial charge in [-0.1, -0.05) is 57.3 Å². The minimum Gasteiger partial charge on any atom is -0.317 e. The van der Waals surface area contributed by atoms with E-state index in [4.69, 9.17) is 11.6 Å². The van der Waals surface area contributed by atoms with Crippen molar-refractivity contribution in [3.05, 3.63) is 34.9 Å². The van der Waals surface area contributed by atoms with Crippen LogP contribution in [0.3, 0.4) is 0 Å². The molecule has 108 valence electrons. The lowest BCUT2D eigenvalue weighted by Gasteiger charge is -2.22. The fourth-order valence-electron chi connectivity index (χ4n) is 2.63. The molecule has 0 aromatic heterocycles. The quantitative estimate of drug-likeness (QED) is 0.676. The smallest absolute Gasteiger partial charge is 0.0406 e. The monoisotopic (exact) mass is 281 g/mol. The van der Waals surface area contributed by atoms with E-state index in [1.54, 1.807) is 0 Å². The summed E-state index contributed by atoms with van der Waals surface area (Å²) in [6.45, 7) is 8.97. The number of nitrogens with one attached hydrogen (secondary N) is 1. The third kappa shape index (κ3) is 6.44. The summed E-state index contributed by atoms with van der Waals surface area (Å²) in [4.78, 5) is 0. The van der Waals surface area contributed by atoms with Gasteiger partial charge in [0.2, 0.25) is 0 Å². The highest BCUT2D eigenvalue weighted by atomic mass is 35.5. The van der Waals surface area contributed by atoms with E-state index in [0.717, 1.165) is 36.4 Å². The Morgan fingerprint density at radius 3 is 2.16 bits per heavy atom. The SMILES string of the molecule is CCNCC(Cc1ccc(Cl)cc1)CC(CC)CC. The maximum Gasteiger partial charge on any atom is 0.0406 e. The Morgan fingerprint density at radius 2 is 1.63 bits per heavy atom. The molecule has 0 saturated carbocycles. The van der Waals surface area contributed by atoms with E-state index in [-0.39, 0.29) is 0 Å². The normalized spacial score (nSPS) is 12.9. The molecule has 0 heterocycles.